The molecule has 0 fully saturated rings. The van der Waals surface area contributed by atoms with Crippen molar-refractivity contribution in [3.63, 3.8) is 0 Å². The van der Waals surface area contributed by atoms with Crippen molar-refractivity contribution < 1.29 is 9.63 Å². The highest BCUT2D eigenvalue weighted by Gasteiger charge is 2.13. The van der Waals surface area contributed by atoms with E-state index in [2.05, 4.69) is 0 Å². The van der Waals surface area contributed by atoms with Gasteiger partial charge in [-0.05, 0) is 31.0 Å². The molecule has 0 aliphatic rings. The number of carbonyl (C=O) groups is 1. The maximum absolute atomic E-state index is 11.7. The Kier molecular flexibility index (Phi) is 3.25. The Balaban J connectivity index is 3.07. The average molecular weight is 193 g/mol. The molecule has 0 aromatic heterocycles. The molecule has 0 unspecified atom stereocenters. The zero-order valence-corrected chi connectivity index (χ0v) is 9.00. The first-order chi connectivity index (χ1) is 6.57. The molecular formula is C11H15NO2. The molecule has 0 aliphatic heterocycles. The largest absolute Gasteiger partial charge is 0.277 e. The smallest absolute Gasteiger partial charge is 0.274 e. The lowest BCUT2D eigenvalue weighted by Crippen LogP contribution is -2.26. The van der Waals surface area contributed by atoms with Crippen LogP contribution in [0.5, 0.6) is 0 Å². The zero-order valence-electron chi connectivity index (χ0n) is 9.00. The number of benzene rings is 1. The highest BCUT2D eigenvalue weighted by molar-refractivity contribution is 5.95. The van der Waals surface area contributed by atoms with Gasteiger partial charge in [-0.15, -0.1) is 0 Å². The van der Waals surface area contributed by atoms with Gasteiger partial charge < -0.3 is 0 Å². The van der Waals surface area contributed by atoms with Crippen molar-refractivity contribution in [2.24, 2.45) is 0 Å². The van der Waals surface area contributed by atoms with E-state index in [1.165, 1.54) is 12.2 Å². The van der Waals surface area contributed by atoms with Crippen LogP contribution in [0.15, 0.2) is 18.2 Å². The summed E-state index contributed by atoms with van der Waals surface area (Å²) in [6.07, 6.45) is 0. The molecule has 1 aromatic carbocycles. The minimum absolute atomic E-state index is 0.117. The molecule has 1 aromatic rings. The van der Waals surface area contributed by atoms with Crippen LogP contribution in [0.1, 0.15) is 21.5 Å². The number of amides is 1. The molecule has 0 spiro atoms. The summed E-state index contributed by atoms with van der Waals surface area (Å²) in [6, 6.07) is 5.66. The molecule has 0 radical (unpaired) electrons. The summed E-state index contributed by atoms with van der Waals surface area (Å²) in [4.78, 5) is 16.6. The van der Waals surface area contributed by atoms with Crippen LogP contribution in [0, 0.1) is 13.8 Å². The number of nitrogens with zero attached hydrogens (tertiary/aromatic N) is 1. The molecule has 3 heteroatoms. The Hall–Kier alpha value is -1.35. The van der Waals surface area contributed by atoms with Crippen LogP contribution in [-0.2, 0) is 4.84 Å². The number of aryl methyl sites for hydroxylation is 1. The molecule has 0 heterocycles. The Morgan fingerprint density at radius 3 is 2.57 bits per heavy atom. The molecule has 1 rings (SSSR count). The molecular weight excluding hydrogens is 178 g/mol. The van der Waals surface area contributed by atoms with Crippen LogP contribution in [0.3, 0.4) is 0 Å². The predicted molar refractivity (Wildman–Crippen MR) is 55.0 cm³/mol. The van der Waals surface area contributed by atoms with E-state index in [0.29, 0.717) is 5.56 Å². The Morgan fingerprint density at radius 2 is 2.00 bits per heavy atom. The van der Waals surface area contributed by atoms with Gasteiger partial charge >= 0.3 is 0 Å². The minimum Gasteiger partial charge on any atom is -0.274 e. The fourth-order valence-electron chi connectivity index (χ4n) is 1.24. The first kappa shape index (κ1) is 10.7. The van der Waals surface area contributed by atoms with Gasteiger partial charge in [0.25, 0.3) is 5.91 Å². The first-order valence-corrected chi connectivity index (χ1v) is 4.46. The third-order valence-electron chi connectivity index (χ3n) is 2.39. The van der Waals surface area contributed by atoms with Gasteiger partial charge in [0.1, 0.15) is 0 Å². The molecule has 0 saturated carbocycles. The topological polar surface area (TPSA) is 29.5 Å². The van der Waals surface area contributed by atoms with Crippen molar-refractivity contribution in [3.8, 4) is 0 Å². The minimum atomic E-state index is -0.117. The fraction of sp³-hybridized carbons (Fsp3) is 0.364. The molecule has 1 amide bonds. The van der Waals surface area contributed by atoms with Crippen molar-refractivity contribution >= 4 is 5.91 Å². The molecule has 0 N–H and O–H groups in total. The highest BCUT2D eigenvalue weighted by atomic mass is 16.7. The second kappa shape index (κ2) is 4.24. The predicted octanol–water partition coefficient (Wildman–Crippen LogP) is 1.94. The van der Waals surface area contributed by atoms with Gasteiger partial charge in [-0.2, -0.15) is 0 Å². The van der Waals surface area contributed by atoms with Crippen LogP contribution in [0.25, 0.3) is 0 Å². The fourth-order valence-corrected chi connectivity index (χ4v) is 1.24. The number of hydrogen-bond acceptors (Lipinski definition) is 2. The normalized spacial score (nSPS) is 10.0. The Morgan fingerprint density at radius 1 is 1.36 bits per heavy atom. The van der Waals surface area contributed by atoms with Crippen LogP contribution in [0.2, 0.25) is 0 Å². The molecule has 14 heavy (non-hydrogen) atoms. The molecule has 0 atom stereocenters. The summed E-state index contributed by atoms with van der Waals surface area (Å²) in [5.74, 6) is -0.117. The monoisotopic (exact) mass is 193 g/mol. The summed E-state index contributed by atoms with van der Waals surface area (Å²) in [5.41, 5.74) is 2.80. The van der Waals surface area contributed by atoms with Gasteiger partial charge in [-0.1, -0.05) is 12.1 Å². The summed E-state index contributed by atoms with van der Waals surface area (Å²) in [5, 5.41) is 1.22. The van der Waals surface area contributed by atoms with Crippen molar-refractivity contribution in [2.75, 3.05) is 14.2 Å². The van der Waals surface area contributed by atoms with Crippen molar-refractivity contribution in [2.45, 2.75) is 13.8 Å². The van der Waals surface area contributed by atoms with Crippen LogP contribution in [-0.4, -0.2) is 25.1 Å². The molecule has 0 bridgehead atoms. The van der Waals surface area contributed by atoms with E-state index in [1.54, 1.807) is 13.1 Å². The summed E-state index contributed by atoms with van der Waals surface area (Å²) in [7, 11) is 3.08. The molecule has 76 valence electrons. The average Bonchev–Trinajstić information content (AvgIpc) is 2.20. The van der Waals surface area contributed by atoms with Gasteiger partial charge in [0.2, 0.25) is 0 Å². The van der Waals surface area contributed by atoms with Gasteiger partial charge in [-0.25, -0.2) is 5.06 Å². The maximum atomic E-state index is 11.7. The van der Waals surface area contributed by atoms with Gasteiger partial charge in [-0.3, -0.25) is 9.63 Å². The SMILES string of the molecule is CON(C)C(=O)c1cccc(C)c1C. The quantitative estimate of drug-likeness (QED) is 0.672. The van der Waals surface area contributed by atoms with Crippen LogP contribution >= 0.6 is 0 Å². The lowest BCUT2D eigenvalue weighted by atomic mass is 10.0. The van der Waals surface area contributed by atoms with E-state index >= 15 is 0 Å². The lowest BCUT2D eigenvalue weighted by Gasteiger charge is -2.15. The van der Waals surface area contributed by atoms with E-state index in [1.807, 2.05) is 26.0 Å². The van der Waals surface area contributed by atoms with Crippen molar-refractivity contribution in [1.82, 2.24) is 5.06 Å². The van der Waals surface area contributed by atoms with Crippen LogP contribution < -0.4 is 0 Å². The van der Waals surface area contributed by atoms with Crippen molar-refractivity contribution in [1.29, 1.82) is 0 Å². The van der Waals surface area contributed by atoms with E-state index in [-0.39, 0.29) is 5.91 Å². The van der Waals surface area contributed by atoms with E-state index in [0.717, 1.165) is 11.1 Å². The van der Waals surface area contributed by atoms with Crippen LogP contribution in [0.4, 0.5) is 0 Å². The molecule has 3 nitrogen and oxygen atoms in total. The first-order valence-electron chi connectivity index (χ1n) is 4.46. The van der Waals surface area contributed by atoms with Gasteiger partial charge in [0.05, 0.1) is 7.11 Å². The second-order valence-electron chi connectivity index (χ2n) is 3.23. The third kappa shape index (κ3) is 1.93. The summed E-state index contributed by atoms with van der Waals surface area (Å²) >= 11 is 0. The zero-order chi connectivity index (χ0) is 10.7. The van der Waals surface area contributed by atoms with Crippen molar-refractivity contribution in [3.05, 3.63) is 34.9 Å². The lowest BCUT2D eigenvalue weighted by molar-refractivity contribution is -0.0757. The summed E-state index contributed by atoms with van der Waals surface area (Å²) in [6.45, 7) is 3.92. The van der Waals surface area contributed by atoms with E-state index in [4.69, 9.17) is 4.84 Å². The Bertz CT molecular complexity index is 347. The third-order valence-corrected chi connectivity index (χ3v) is 2.39. The summed E-state index contributed by atoms with van der Waals surface area (Å²) < 4.78 is 0. The number of hydroxylamine groups is 2. The maximum Gasteiger partial charge on any atom is 0.277 e. The van der Waals surface area contributed by atoms with Gasteiger partial charge in [0, 0.05) is 12.6 Å². The number of hydrogen-bond donors (Lipinski definition) is 0. The molecule has 0 aliphatic carbocycles. The second-order valence-corrected chi connectivity index (χ2v) is 3.23. The van der Waals surface area contributed by atoms with E-state index < -0.39 is 0 Å². The molecule has 0 saturated heterocycles. The van der Waals surface area contributed by atoms with E-state index in [9.17, 15) is 4.79 Å². The Labute approximate surface area is 84.2 Å². The van der Waals surface area contributed by atoms with Gasteiger partial charge in [0.15, 0.2) is 0 Å². The standard InChI is InChI=1S/C11H15NO2/c1-8-6-5-7-10(9(8)2)11(13)12(3)14-4/h5-7H,1-4H3. The number of rotatable bonds is 2. The highest BCUT2D eigenvalue weighted by Crippen LogP contribution is 2.14. The number of carbonyl (C=O) groups excluding carboxylic acids is 1.